The van der Waals surface area contributed by atoms with Gasteiger partial charge in [-0.15, -0.1) is 0 Å². The van der Waals surface area contributed by atoms with Gasteiger partial charge < -0.3 is 9.88 Å². The Morgan fingerprint density at radius 1 is 1.27 bits per heavy atom. The van der Waals surface area contributed by atoms with Crippen LogP contribution in [0.2, 0.25) is 0 Å². The van der Waals surface area contributed by atoms with Crippen LogP contribution >= 0.6 is 0 Å². The van der Waals surface area contributed by atoms with E-state index in [2.05, 4.69) is 16.9 Å². The quantitative estimate of drug-likeness (QED) is 0.854. The van der Waals surface area contributed by atoms with Gasteiger partial charge in [-0.1, -0.05) is 25.5 Å². The zero-order chi connectivity index (χ0) is 15.9. The second-order valence-corrected chi connectivity index (χ2v) is 5.55. The van der Waals surface area contributed by atoms with E-state index in [1.54, 1.807) is 11.0 Å². The predicted molar refractivity (Wildman–Crippen MR) is 87.8 cm³/mol. The van der Waals surface area contributed by atoms with E-state index in [-0.39, 0.29) is 11.5 Å². The Balaban J connectivity index is 1.92. The lowest BCUT2D eigenvalue weighted by atomic mass is 10.2. The molecule has 0 radical (unpaired) electrons. The summed E-state index contributed by atoms with van der Waals surface area (Å²) in [5, 5.41) is 0.599. The Kier molecular flexibility index (Phi) is 5.69. The van der Waals surface area contributed by atoms with Crippen molar-refractivity contribution in [2.75, 3.05) is 13.6 Å². The first kappa shape index (κ1) is 16.2. The van der Waals surface area contributed by atoms with Gasteiger partial charge in [0, 0.05) is 26.4 Å². The van der Waals surface area contributed by atoms with E-state index in [0.717, 1.165) is 19.4 Å². The SMILES string of the molecule is CCCCN(C)C(=O)CCCc1nc2ccccc2c(=O)[nH]1. The molecule has 5 nitrogen and oxygen atoms in total. The summed E-state index contributed by atoms with van der Waals surface area (Å²) >= 11 is 0. The van der Waals surface area contributed by atoms with Crippen LogP contribution in [0.15, 0.2) is 29.1 Å². The fourth-order valence-corrected chi connectivity index (χ4v) is 2.37. The number of carbonyl (C=O) groups is 1. The lowest BCUT2D eigenvalue weighted by molar-refractivity contribution is -0.130. The molecule has 0 saturated heterocycles. The highest BCUT2D eigenvalue weighted by atomic mass is 16.2. The number of hydrogen-bond donors (Lipinski definition) is 1. The highest BCUT2D eigenvalue weighted by Gasteiger charge is 2.09. The van der Waals surface area contributed by atoms with Crippen molar-refractivity contribution in [3.8, 4) is 0 Å². The van der Waals surface area contributed by atoms with Gasteiger partial charge in [-0.25, -0.2) is 4.98 Å². The monoisotopic (exact) mass is 301 g/mol. The fraction of sp³-hybridized carbons (Fsp3) is 0.471. The van der Waals surface area contributed by atoms with Gasteiger partial charge in [-0.3, -0.25) is 9.59 Å². The Morgan fingerprint density at radius 3 is 2.82 bits per heavy atom. The zero-order valence-electron chi connectivity index (χ0n) is 13.3. The molecular weight excluding hydrogens is 278 g/mol. The molecule has 22 heavy (non-hydrogen) atoms. The largest absolute Gasteiger partial charge is 0.346 e. The molecule has 0 aliphatic rings. The van der Waals surface area contributed by atoms with E-state index in [1.807, 2.05) is 25.2 Å². The number of carbonyl (C=O) groups excluding carboxylic acids is 1. The smallest absolute Gasteiger partial charge is 0.258 e. The number of hydrogen-bond acceptors (Lipinski definition) is 3. The average molecular weight is 301 g/mol. The number of nitrogens with zero attached hydrogens (tertiary/aromatic N) is 2. The predicted octanol–water partition coefficient (Wildman–Crippen LogP) is 2.50. The second-order valence-electron chi connectivity index (χ2n) is 5.55. The molecule has 1 amide bonds. The first-order valence-corrected chi connectivity index (χ1v) is 7.83. The number of fused-ring (bicyclic) bond motifs is 1. The molecule has 0 aliphatic carbocycles. The molecule has 0 spiro atoms. The number of H-pyrrole nitrogens is 1. The highest BCUT2D eigenvalue weighted by Crippen LogP contribution is 2.08. The second kappa shape index (κ2) is 7.73. The fourth-order valence-electron chi connectivity index (χ4n) is 2.37. The average Bonchev–Trinajstić information content (AvgIpc) is 2.52. The minimum absolute atomic E-state index is 0.119. The van der Waals surface area contributed by atoms with Crippen molar-refractivity contribution >= 4 is 16.8 Å². The number of aromatic amines is 1. The standard InChI is InChI=1S/C17H23N3O2/c1-3-4-12-20(2)16(21)11-7-10-15-18-14-9-6-5-8-13(14)17(22)19-15/h5-6,8-9H,3-4,7,10-12H2,1-2H3,(H,18,19,22). The van der Waals surface area contributed by atoms with Crippen LogP contribution in [0.3, 0.4) is 0 Å². The summed E-state index contributed by atoms with van der Waals surface area (Å²) in [7, 11) is 1.84. The molecule has 1 N–H and O–H groups in total. The number of aromatic nitrogens is 2. The van der Waals surface area contributed by atoms with Crippen molar-refractivity contribution in [2.45, 2.75) is 39.0 Å². The third kappa shape index (κ3) is 4.16. The normalized spacial score (nSPS) is 10.8. The first-order chi connectivity index (χ1) is 10.6. The minimum atomic E-state index is -0.119. The Bertz CT molecular complexity index is 694. The van der Waals surface area contributed by atoms with Crippen LogP contribution in [0.25, 0.3) is 10.9 Å². The van der Waals surface area contributed by atoms with Gasteiger partial charge in [0.05, 0.1) is 10.9 Å². The van der Waals surface area contributed by atoms with Crippen LogP contribution in [0, 0.1) is 0 Å². The van der Waals surface area contributed by atoms with Gasteiger partial charge in [0.1, 0.15) is 5.82 Å². The third-order valence-corrected chi connectivity index (χ3v) is 3.74. The summed E-state index contributed by atoms with van der Waals surface area (Å²) in [5.41, 5.74) is 0.583. The van der Waals surface area contributed by atoms with Crippen LogP contribution in [0.5, 0.6) is 0 Å². The number of para-hydroxylation sites is 1. The molecule has 5 heteroatoms. The number of nitrogens with one attached hydrogen (secondary N) is 1. The summed E-state index contributed by atoms with van der Waals surface area (Å²) in [6, 6.07) is 7.28. The lowest BCUT2D eigenvalue weighted by Crippen LogP contribution is -2.27. The summed E-state index contributed by atoms with van der Waals surface area (Å²) in [6.07, 6.45) is 3.89. The van der Waals surface area contributed by atoms with Crippen molar-refractivity contribution < 1.29 is 4.79 Å². The highest BCUT2D eigenvalue weighted by molar-refractivity contribution is 5.77. The third-order valence-electron chi connectivity index (χ3n) is 3.74. The topological polar surface area (TPSA) is 66.1 Å². The maximum atomic E-state index is 12.0. The van der Waals surface area contributed by atoms with Crippen molar-refractivity contribution in [1.82, 2.24) is 14.9 Å². The van der Waals surface area contributed by atoms with Crippen molar-refractivity contribution in [3.05, 3.63) is 40.4 Å². The van der Waals surface area contributed by atoms with E-state index in [0.29, 0.717) is 36.0 Å². The van der Waals surface area contributed by atoms with E-state index >= 15 is 0 Å². The van der Waals surface area contributed by atoms with Gasteiger partial charge >= 0.3 is 0 Å². The van der Waals surface area contributed by atoms with Gasteiger partial charge in [0.15, 0.2) is 0 Å². The number of rotatable bonds is 7. The Labute approximate surface area is 130 Å². The van der Waals surface area contributed by atoms with Crippen LogP contribution in [0.1, 0.15) is 38.4 Å². The van der Waals surface area contributed by atoms with Gasteiger partial charge in [0.25, 0.3) is 5.56 Å². The molecule has 2 aromatic rings. The van der Waals surface area contributed by atoms with Crippen LogP contribution < -0.4 is 5.56 Å². The molecule has 1 aromatic heterocycles. The number of benzene rings is 1. The molecule has 1 heterocycles. The summed E-state index contributed by atoms with van der Waals surface area (Å²) in [6.45, 7) is 2.92. The molecule has 0 fully saturated rings. The first-order valence-electron chi connectivity index (χ1n) is 7.83. The molecule has 0 unspecified atom stereocenters. The van der Waals surface area contributed by atoms with Gasteiger partial charge in [-0.2, -0.15) is 0 Å². The van der Waals surface area contributed by atoms with Crippen molar-refractivity contribution in [2.24, 2.45) is 0 Å². The van der Waals surface area contributed by atoms with E-state index < -0.39 is 0 Å². The molecule has 118 valence electrons. The molecule has 0 aliphatic heterocycles. The maximum absolute atomic E-state index is 12.0. The zero-order valence-corrected chi connectivity index (χ0v) is 13.3. The molecule has 0 bridgehead atoms. The Hall–Kier alpha value is -2.17. The van der Waals surface area contributed by atoms with E-state index in [9.17, 15) is 9.59 Å². The molecule has 1 aromatic carbocycles. The minimum Gasteiger partial charge on any atom is -0.346 e. The molecule has 0 saturated carbocycles. The van der Waals surface area contributed by atoms with E-state index in [4.69, 9.17) is 0 Å². The van der Waals surface area contributed by atoms with Crippen LogP contribution in [-0.4, -0.2) is 34.4 Å². The molecular formula is C17H23N3O2. The summed E-state index contributed by atoms with van der Waals surface area (Å²) in [4.78, 5) is 32.9. The van der Waals surface area contributed by atoms with Crippen molar-refractivity contribution in [1.29, 1.82) is 0 Å². The number of unbranched alkanes of at least 4 members (excludes halogenated alkanes) is 1. The lowest BCUT2D eigenvalue weighted by Gasteiger charge is -2.16. The maximum Gasteiger partial charge on any atom is 0.258 e. The molecule has 0 atom stereocenters. The van der Waals surface area contributed by atoms with Crippen LogP contribution in [-0.2, 0) is 11.2 Å². The van der Waals surface area contributed by atoms with E-state index in [1.165, 1.54) is 0 Å². The summed E-state index contributed by atoms with van der Waals surface area (Å²) < 4.78 is 0. The van der Waals surface area contributed by atoms with Crippen molar-refractivity contribution in [3.63, 3.8) is 0 Å². The molecule has 2 rings (SSSR count). The Morgan fingerprint density at radius 2 is 2.05 bits per heavy atom. The van der Waals surface area contributed by atoms with Gasteiger partial charge in [0.2, 0.25) is 5.91 Å². The van der Waals surface area contributed by atoms with Gasteiger partial charge in [-0.05, 0) is 25.0 Å². The van der Waals surface area contributed by atoms with Crippen LogP contribution in [0.4, 0.5) is 0 Å². The number of amides is 1. The summed E-state index contributed by atoms with van der Waals surface area (Å²) in [5.74, 6) is 0.796. The number of aryl methyl sites for hydroxylation is 1.